The summed E-state index contributed by atoms with van der Waals surface area (Å²) in [6.45, 7) is 0. The van der Waals surface area contributed by atoms with Crippen LogP contribution in [0.2, 0.25) is 0 Å². The Balaban J connectivity index is 2.16. The van der Waals surface area contributed by atoms with Crippen LogP contribution in [0.5, 0.6) is 0 Å². The van der Waals surface area contributed by atoms with Crippen molar-refractivity contribution in [2.45, 2.75) is 4.90 Å². The van der Waals surface area contributed by atoms with Gasteiger partial charge in [-0.15, -0.1) is 0 Å². The van der Waals surface area contributed by atoms with Gasteiger partial charge in [-0.1, -0.05) is 23.4 Å². The molecule has 0 bridgehead atoms. The van der Waals surface area contributed by atoms with Gasteiger partial charge in [0.2, 0.25) is 6.39 Å². The molecule has 0 spiro atoms. The second kappa shape index (κ2) is 5.14. The quantitative estimate of drug-likeness (QED) is 0.598. The second-order valence-electron chi connectivity index (χ2n) is 2.89. The van der Waals surface area contributed by atoms with Crippen LogP contribution < -0.4 is 0 Å². The summed E-state index contributed by atoms with van der Waals surface area (Å²) in [6, 6.07) is 7.65. The maximum atomic E-state index is 8.55. The molecule has 1 heterocycles. The number of benzene rings is 1. The third-order valence-corrected chi connectivity index (χ3v) is 2.41. The molecule has 16 heavy (non-hydrogen) atoms. The maximum absolute atomic E-state index is 8.55. The monoisotopic (exact) mass is 229 g/mol. The minimum atomic E-state index is 0.526. The van der Waals surface area contributed by atoms with Crippen LogP contribution in [0.3, 0.4) is 0 Å². The summed E-state index contributed by atoms with van der Waals surface area (Å²) >= 11 is 1.13. The molecular formula is C11H7N3OS. The average Bonchev–Trinajstić information content (AvgIpc) is 2.80. The van der Waals surface area contributed by atoms with Crippen molar-refractivity contribution in [2.24, 2.45) is 0 Å². The van der Waals surface area contributed by atoms with Gasteiger partial charge in [0, 0.05) is 4.90 Å². The van der Waals surface area contributed by atoms with Crippen molar-refractivity contribution in [3.05, 3.63) is 42.0 Å². The highest BCUT2D eigenvalue weighted by molar-refractivity contribution is 8.03. The van der Waals surface area contributed by atoms with E-state index in [0.29, 0.717) is 5.82 Å². The van der Waals surface area contributed by atoms with Gasteiger partial charge in [-0.3, -0.25) is 0 Å². The molecule has 0 amide bonds. The predicted molar refractivity (Wildman–Crippen MR) is 61.1 cm³/mol. The van der Waals surface area contributed by atoms with Crippen molar-refractivity contribution in [1.82, 2.24) is 10.1 Å². The summed E-state index contributed by atoms with van der Waals surface area (Å²) in [7, 11) is 0. The van der Waals surface area contributed by atoms with Crippen molar-refractivity contribution in [3.8, 4) is 5.40 Å². The molecule has 0 aliphatic carbocycles. The Labute approximate surface area is 96.6 Å². The van der Waals surface area contributed by atoms with Gasteiger partial charge in [-0.2, -0.15) is 10.2 Å². The second-order valence-corrected chi connectivity index (χ2v) is 3.75. The van der Waals surface area contributed by atoms with Gasteiger partial charge in [-0.05, 0) is 35.5 Å². The zero-order chi connectivity index (χ0) is 11.2. The van der Waals surface area contributed by atoms with Gasteiger partial charge in [-0.25, -0.2) is 0 Å². The molecule has 0 saturated heterocycles. The summed E-state index contributed by atoms with van der Waals surface area (Å²) in [4.78, 5) is 4.78. The van der Waals surface area contributed by atoms with Crippen molar-refractivity contribution >= 4 is 23.9 Å². The zero-order valence-corrected chi connectivity index (χ0v) is 9.02. The largest absolute Gasteiger partial charge is 0.342 e. The number of nitriles is 1. The van der Waals surface area contributed by atoms with E-state index in [-0.39, 0.29) is 0 Å². The van der Waals surface area contributed by atoms with Gasteiger partial charge in [0.05, 0.1) is 0 Å². The third-order valence-electron chi connectivity index (χ3n) is 1.82. The Hall–Kier alpha value is -2.06. The molecule has 4 nitrogen and oxygen atoms in total. The Morgan fingerprint density at radius 1 is 1.38 bits per heavy atom. The SMILES string of the molecule is N#CSc1cccc(/C=C/c2ncon2)c1. The summed E-state index contributed by atoms with van der Waals surface area (Å²) in [6.07, 6.45) is 4.90. The lowest BCUT2D eigenvalue weighted by atomic mass is 10.2. The highest BCUT2D eigenvalue weighted by Crippen LogP contribution is 2.18. The van der Waals surface area contributed by atoms with Crippen LogP contribution in [0.25, 0.3) is 12.2 Å². The Bertz CT molecular complexity index is 528. The van der Waals surface area contributed by atoms with Crippen LogP contribution in [0.1, 0.15) is 11.4 Å². The molecular weight excluding hydrogens is 222 g/mol. The van der Waals surface area contributed by atoms with Crippen molar-refractivity contribution in [3.63, 3.8) is 0 Å². The molecule has 2 rings (SSSR count). The first-order valence-electron chi connectivity index (χ1n) is 4.49. The topological polar surface area (TPSA) is 62.7 Å². The Morgan fingerprint density at radius 3 is 3.06 bits per heavy atom. The summed E-state index contributed by atoms with van der Waals surface area (Å²) in [5.74, 6) is 0.526. The molecule has 78 valence electrons. The van der Waals surface area contributed by atoms with Crippen molar-refractivity contribution in [1.29, 1.82) is 5.26 Å². The molecule has 0 saturated carbocycles. The van der Waals surface area contributed by atoms with E-state index in [0.717, 1.165) is 22.2 Å². The minimum absolute atomic E-state index is 0.526. The fourth-order valence-electron chi connectivity index (χ4n) is 1.16. The van der Waals surface area contributed by atoms with E-state index in [1.807, 2.05) is 35.7 Å². The molecule has 0 aliphatic rings. The summed E-state index contributed by atoms with van der Waals surface area (Å²) < 4.78 is 4.61. The number of hydrogen-bond acceptors (Lipinski definition) is 5. The van der Waals surface area contributed by atoms with E-state index in [1.165, 1.54) is 6.39 Å². The molecule has 1 aromatic heterocycles. The summed E-state index contributed by atoms with van der Waals surface area (Å²) in [5.41, 5.74) is 0.991. The summed E-state index contributed by atoms with van der Waals surface area (Å²) in [5, 5.41) is 14.2. The Kier molecular flexibility index (Phi) is 3.36. The number of nitrogens with zero attached hydrogens (tertiary/aromatic N) is 3. The van der Waals surface area contributed by atoms with E-state index in [9.17, 15) is 0 Å². The highest BCUT2D eigenvalue weighted by Gasteiger charge is 1.94. The maximum Gasteiger partial charge on any atom is 0.214 e. The number of hydrogen-bond donors (Lipinski definition) is 0. The van der Waals surface area contributed by atoms with Gasteiger partial charge < -0.3 is 4.52 Å². The smallest absolute Gasteiger partial charge is 0.214 e. The molecule has 0 aliphatic heterocycles. The minimum Gasteiger partial charge on any atom is -0.342 e. The zero-order valence-electron chi connectivity index (χ0n) is 8.20. The lowest BCUT2D eigenvalue weighted by Crippen LogP contribution is -1.76. The van der Waals surface area contributed by atoms with Crippen LogP contribution in [-0.4, -0.2) is 10.1 Å². The predicted octanol–water partition coefficient (Wildman–Crippen LogP) is 2.81. The van der Waals surface area contributed by atoms with E-state index in [1.54, 1.807) is 6.08 Å². The molecule has 1 aromatic carbocycles. The number of thiocyanates is 1. The van der Waals surface area contributed by atoms with Crippen LogP contribution in [0.4, 0.5) is 0 Å². The molecule has 0 fully saturated rings. The number of thioether (sulfide) groups is 1. The standard InChI is InChI=1S/C11H7N3OS/c12-7-16-10-3-1-2-9(6-10)4-5-11-13-8-15-14-11/h1-6,8H/b5-4+. The lowest BCUT2D eigenvalue weighted by molar-refractivity contribution is 0.415. The molecule has 2 aromatic rings. The van der Waals surface area contributed by atoms with E-state index in [2.05, 4.69) is 14.7 Å². The number of aromatic nitrogens is 2. The van der Waals surface area contributed by atoms with E-state index >= 15 is 0 Å². The lowest BCUT2D eigenvalue weighted by Gasteiger charge is -1.95. The molecule has 0 atom stereocenters. The van der Waals surface area contributed by atoms with Crippen molar-refractivity contribution in [2.75, 3.05) is 0 Å². The average molecular weight is 229 g/mol. The van der Waals surface area contributed by atoms with E-state index in [4.69, 9.17) is 5.26 Å². The van der Waals surface area contributed by atoms with Crippen LogP contribution >= 0.6 is 11.8 Å². The first kappa shape index (κ1) is 10.5. The van der Waals surface area contributed by atoms with Crippen LogP contribution in [0.15, 0.2) is 40.1 Å². The molecule has 0 radical (unpaired) electrons. The fourth-order valence-corrected chi connectivity index (χ4v) is 1.60. The number of rotatable bonds is 3. The van der Waals surface area contributed by atoms with Crippen LogP contribution in [-0.2, 0) is 0 Å². The van der Waals surface area contributed by atoms with Crippen LogP contribution in [0, 0.1) is 10.7 Å². The van der Waals surface area contributed by atoms with Gasteiger partial charge in [0.25, 0.3) is 0 Å². The van der Waals surface area contributed by atoms with Gasteiger partial charge >= 0.3 is 0 Å². The third kappa shape index (κ3) is 2.72. The first-order chi connectivity index (χ1) is 7.88. The van der Waals surface area contributed by atoms with Crippen molar-refractivity contribution < 1.29 is 4.52 Å². The van der Waals surface area contributed by atoms with Gasteiger partial charge in [0.1, 0.15) is 5.40 Å². The van der Waals surface area contributed by atoms with Gasteiger partial charge in [0.15, 0.2) is 5.82 Å². The molecule has 0 N–H and O–H groups in total. The fraction of sp³-hybridized carbons (Fsp3) is 0. The highest BCUT2D eigenvalue weighted by atomic mass is 32.2. The first-order valence-corrected chi connectivity index (χ1v) is 5.30. The Morgan fingerprint density at radius 2 is 2.31 bits per heavy atom. The molecule has 0 unspecified atom stereocenters. The van der Waals surface area contributed by atoms with E-state index < -0.39 is 0 Å². The molecule has 5 heteroatoms. The normalized spacial score (nSPS) is 10.4.